The molecule has 0 saturated carbocycles. The van der Waals surface area contributed by atoms with Crippen LogP contribution in [0.1, 0.15) is 31.1 Å². The lowest BCUT2D eigenvalue weighted by molar-refractivity contribution is 0.00698. The number of hydrogen-bond donors (Lipinski definition) is 1. The number of rotatable bonds is 1. The molecular formula is C14H16N2O2. The van der Waals surface area contributed by atoms with Crippen LogP contribution in [0.2, 0.25) is 0 Å². The summed E-state index contributed by atoms with van der Waals surface area (Å²) in [6.45, 7) is 5.49. The van der Waals surface area contributed by atoms with E-state index in [0.717, 1.165) is 5.39 Å². The Labute approximate surface area is 106 Å². The van der Waals surface area contributed by atoms with Crippen molar-refractivity contribution in [2.24, 2.45) is 0 Å². The smallest absolute Gasteiger partial charge is 0.338 e. The Hall–Kier alpha value is -2.10. The Morgan fingerprint density at radius 3 is 2.72 bits per heavy atom. The molecule has 2 aromatic rings. The first kappa shape index (κ1) is 12.4. The number of benzene rings is 1. The summed E-state index contributed by atoms with van der Waals surface area (Å²) < 4.78 is 5.31. The van der Waals surface area contributed by atoms with Gasteiger partial charge in [-0.05, 0) is 39.0 Å². The van der Waals surface area contributed by atoms with Gasteiger partial charge < -0.3 is 10.5 Å². The van der Waals surface area contributed by atoms with E-state index in [0.29, 0.717) is 16.8 Å². The Kier molecular flexibility index (Phi) is 2.95. The fourth-order valence-electron chi connectivity index (χ4n) is 1.68. The lowest BCUT2D eigenvalue weighted by Gasteiger charge is -2.19. The molecule has 0 aliphatic rings. The summed E-state index contributed by atoms with van der Waals surface area (Å²) in [7, 11) is 0. The Morgan fingerprint density at radius 2 is 2.06 bits per heavy atom. The van der Waals surface area contributed by atoms with E-state index in [1.54, 1.807) is 24.4 Å². The van der Waals surface area contributed by atoms with Gasteiger partial charge in [-0.3, -0.25) is 4.98 Å². The molecule has 18 heavy (non-hydrogen) atoms. The molecule has 0 fully saturated rings. The lowest BCUT2D eigenvalue weighted by atomic mass is 10.1. The molecule has 2 N–H and O–H groups in total. The quantitative estimate of drug-likeness (QED) is 0.618. The number of anilines is 1. The van der Waals surface area contributed by atoms with Crippen LogP contribution < -0.4 is 5.73 Å². The Morgan fingerprint density at radius 1 is 1.33 bits per heavy atom. The molecule has 2 rings (SSSR count). The van der Waals surface area contributed by atoms with Gasteiger partial charge in [0, 0.05) is 11.6 Å². The Bertz CT molecular complexity index is 600. The summed E-state index contributed by atoms with van der Waals surface area (Å²) in [5.74, 6) is -0.375. The van der Waals surface area contributed by atoms with Crippen molar-refractivity contribution >= 4 is 22.6 Å². The predicted octanol–water partition coefficient (Wildman–Crippen LogP) is 2.77. The standard InChI is InChI=1S/C14H16N2O2/c1-14(2,3)18-13(17)10-7-9-5-4-6-16-12(9)11(15)8-10/h4-8H,15H2,1-3H3. The molecule has 1 aromatic heterocycles. The van der Waals surface area contributed by atoms with Gasteiger partial charge >= 0.3 is 5.97 Å². The van der Waals surface area contributed by atoms with E-state index in [-0.39, 0.29) is 5.97 Å². The second-order valence-corrected chi connectivity index (χ2v) is 5.14. The highest BCUT2D eigenvalue weighted by atomic mass is 16.6. The molecule has 0 bridgehead atoms. The summed E-state index contributed by atoms with van der Waals surface area (Å²) >= 11 is 0. The SMILES string of the molecule is CC(C)(C)OC(=O)c1cc(N)c2ncccc2c1. The first-order valence-corrected chi connectivity index (χ1v) is 5.74. The predicted molar refractivity (Wildman–Crippen MR) is 71.3 cm³/mol. The highest BCUT2D eigenvalue weighted by Crippen LogP contribution is 2.22. The molecule has 0 unspecified atom stereocenters. The number of esters is 1. The van der Waals surface area contributed by atoms with Crippen molar-refractivity contribution in [3.05, 3.63) is 36.0 Å². The summed E-state index contributed by atoms with van der Waals surface area (Å²) in [6.07, 6.45) is 1.67. The van der Waals surface area contributed by atoms with Crippen LogP contribution in [0.3, 0.4) is 0 Å². The van der Waals surface area contributed by atoms with E-state index >= 15 is 0 Å². The number of fused-ring (bicyclic) bond motifs is 1. The zero-order valence-corrected chi connectivity index (χ0v) is 10.7. The van der Waals surface area contributed by atoms with Crippen LogP contribution in [-0.4, -0.2) is 16.6 Å². The van der Waals surface area contributed by atoms with E-state index in [4.69, 9.17) is 10.5 Å². The van der Waals surface area contributed by atoms with Crippen LogP contribution >= 0.6 is 0 Å². The number of carbonyl (C=O) groups excluding carboxylic acids is 1. The number of pyridine rings is 1. The van der Waals surface area contributed by atoms with Crippen LogP contribution in [0.4, 0.5) is 5.69 Å². The summed E-state index contributed by atoms with van der Waals surface area (Å²) in [4.78, 5) is 16.1. The molecule has 0 aliphatic heterocycles. The first-order valence-electron chi connectivity index (χ1n) is 5.74. The van der Waals surface area contributed by atoms with Gasteiger partial charge in [0.05, 0.1) is 16.8 Å². The molecule has 4 heteroatoms. The zero-order valence-electron chi connectivity index (χ0n) is 10.7. The highest BCUT2D eigenvalue weighted by molar-refractivity contribution is 5.99. The van der Waals surface area contributed by atoms with Gasteiger partial charge in [-0.15, -0.1) is 0 Å². The average Bonchev–Trinajstić information content (AvgIpc) is 2.26. The number of nitrogen functional groups attached to an aromatic ring is 1. The molecule has 0 spiro atoms. The number of aromatic nitrogens is 1. The monoisotopic (exact) mass is 244 g/mol. The third-order valence-corrected chi connectivity index (χ3v) is 2.37. The van der Waals surface area contributed by atoms with Gasteiger partial charge in [0.2, 0.25) is 0 Å². The van der Waals surface area contributed by atoms with Crippen molar-refractivity contribution in [1.29, 1.82) is 0 Å². The fourth-order valence-corrected chi connectivity index (χ4v) is 1.68. The number of carbonyl (C=O) groups is 1. The molecular weight excluding hydrogens is 228 g/mol. The topological polar surface area (TPSA) is 65.2 Å². The molecule has 0 atom stereocenters. The lowest BCUT2D eigenvalue weighted by Crippen LogP contribution is -2.24. The van der Waals surface area contributed by atoms with Crippen LogP contribution in [-0.2, 0) is 4.74 Å². The molecule has 1 heterocycles. The Balaban J connectivity index is 2.44. The fraction of sp³-hybridized carbons (Fsp3) is 0.286. The van der Waals surface area contributed by atoms with Gasteiger partial charge in [-0.2, -0.15) is 0 Å². The normalized spacial score (nSPS) is 11.5. The van der Waals surface area contributed by atoms with E-state index in [9.17, 15) is 4.79 Å². The van der Waals surface area contributed by atoms with Crippen LogP contribution in [0.5, 0.6) is 0 Å². The molecule has 0 amide bonds. The van der Waals surface area contributed by atoms with Crippen molar-refractivity contribution in [1.82, 2.24) is 4.98 Å². The molecule has 0 radical (unpaired) electrons. The largest absolute Gasteiger partial charge is 0.456 e. The minimum absolute atomic E-state index is 0.375. The van der Waals surface area contributed by atoms with Gasteiger partial charge in [0.25, 0.3) is 0 Å². The second-order valence-electron chi connectivity index (χ2n) is 5.14. The minimum Gasteiger partial charge on any atom is -0.456 e. The first-order chi connectivity index (χ1) is 8.37. The minimum atomic E-state index is -0.518. The number of ether oxygens (including phenoxy) is 1. The van der Waals surface area contributed by atoms with E-state index in [2.05, 4.69) is 4.98 Å². The van der Waals surface area contributed by atoms with Crippen molar-refractivity contribution in [3.8, 4) is 0 Å². The van der Waals surface area contributed by atoms with E-state index < -0.39 is 5.60 Å². The third-order valence-electron chi connectivity index (χ3n) is 2.37. The highest BCUT2D eigenvalue weighted by Gasteiger charge is 2.18. The van der Waals surface area contributed by atoms with Gasteiger partial charge in [-0.25, -0.2) is 4.79 Å². The third kappa shape index (κ3) is 2.59. The van der Waals surface area contributed by atoms with Crippen molar-refractivity contribution < 1.29 is 9.53 Å². The summed E-state index contributed by atoms with van der Waals surface area (Å²) in [5, 5.41) is 0.832. The van der Waals surface area contributed by atoms with Gasteiger partial charge in [-0.1, -0.05) is 6.07 Å². The number of hydrogen-bond acceptors (Lipinski definition) is 4. The van der Waals surface area contributed by atoms with Crippen LogP contribution in [0.25, 0.3) is 10.9 Å². The molecule has 0 aliphatic carbocycles. The average molecular weight is 244 g/mol. The summed E-state index contributed by atoms with van der Waals surface area (Å²) in [6, 6.07) is 7.02. The maximum Gasteiger partial charge on any atom is 0.338 e. The van der Waals surface area contributed by atoms with Gasteiger partial charge in [0.1, 0.15) is 5.60 Å². The van der Waals surface area contributed by atoms with E-state index in [1.165, 1.54) is 0 Å². The van der Waals surface area contributed by atoms with Crippen LogP contribution in [0, 0.1) is 0 Å². The van der Waals surface area contributed by atoms with Gasteiger partial charge in [0.15, 0.2) is 0 Å². The number of nitrogens with zero attached hydrogens (tertiary/aromatic N) is 1. The molecule has 1 aromatic carbocycles. The van der Waals surface area contributed by atoms with Crippen LogP contribution in [0.15, 0.2) is 30.5 Å². The maximum atomic E-state index is 12.0. The number of nitrogens with two attached hydrogens (primary N) is 1. The molecule has 94 valence electrons. The second kappa shape index (κ2) is 4.29. The van der Waals surface area contributed by atoms with Crippen molar-refractivity contribution in [3.63, 3.8) is 0 Å². The van der Waals surface area contributed by atoms with Crippen molar-refractivity contribution in [2.45, 2.75) is 26.4 Å². The maximum absolute atomic E-state index is 12.0. The summed E-state index contributed by atoms with van der Waals surface area (Å²) in [5.41, 5.74) is 7.00. The van der Waals surface area contributed by atoms with E-state index in [1.807, 2.05) is 26.8 Å². The molecule has 4 nitrogen and oxygen atoms in total. The molecule has 0 saturated heterocycles. The van der Waals surface area contributed by atoms with Crippen molar-refractivity contribution in [2.75, 3.05) is 5.73 Å². The zero-order chi connectivity index (χ0) is 13.3.